The molecule has 1 saturated heterocycles. The van der Waals surface area contributed by atoms with Crippen LogP contribution in [0.2, 0.25) is 0 Å². The van der Waals surface area contributed by atoms with Crippen molar-refractivity contribution in [2.24, 2.45) is 17.8 Å². The molecule has 0 aromatic carbocycles. The standard InChI is InChI=1S/C56H108N2O6/c1-6-10-24-33-51(34-25-11-7-2)41-49-62-54(59)39-30-22-18-14-16-20-28-37-53(56(61)64-48-32-43-58-46-44-57(5)45-47-58)38-29-21-17-15-19-23-31-40-55(60)63-50-42-52(35-26-12-8-3)36-27-13-9-4/h51-53H,6-50H2,1-5H3. The minimum Gasteiger partial charge on any atom is -0.466 e. The minimum absolute atomic E-state index is 0.00609. The maximum absolute atomic E-state index is 13.3. The smallest absolute Gasteiger partial charge is 0.308 e. The van der Waals surface area contributed by atoms with Crippen LogP contribution in [0.5, 0.6) is 0 Å². The van der Waals surface area contributed by atoms with E-state index in [2.05, 4.69) is 44.5 Å². The van der Waals surface area contributed by atoms with Gasteiger partial charge in [-0.05, 0) is 63.8 Å². The summed E-state index contributed by atoms with van der Waals surface area (Å²) in [5, 5.41) is 0. The van der Waals surface area contributed by atoms with Gasteiger partial charge in [0, 0.05) is 45.6 Å². The molecule has 0 spiro atoms. The molecule has 1 heterocycles. The highest BCUT2D eigenvalue weighted by molar-refractivity contribution is 5.72. The van der Waals surface area contributed by atoms with E-state index in [0.29, 0.717) is 44.5 Å². The lowest BCUT2D eigenvalue weighted by Crippen LogP contribution is -2.44. The third kappa shape index (κ3) is 37.4. The Hall–Kier alpha value is -1.67. The largest absolute Gasteiger partial charge is 0.466 e. The van der Waals surface area contributed by atoms with Crippen molar-refractivity contribution in [2.75, 3.05) is 59.6 Å². The lowest BCUT2D eigenvalue weighted by Gasteiger charge is -2.32. The molecule has 0 atom stereocenters. The second-order valence-electron chi connectivity index (χ2n) is 20.1. The molecular weight excluding hydrogens is 797 g/mol. The zero-order valence-corrected chi connectivity index (χ0v) is 43.4. The quantitative estimate of drug-likeness (QED) is 0.0339. The SMILES string of the molecule is CCCCCC(CCCCC)CCOC(=O)CCCCCCCCCC(CCCCCCCCCC(=O)OCCC(CCCCC)CCCCC)C(=O)OCCCN1CCN(C)CC1. The van der Waals surface area contributed by atoms with Crippen LogP contribution in [-0.2, 0) is 28.6 Å². The van der Waals surface area contributed by atoms with Crippen molar-refractivity contribution >= 4 is 17.9 Å². The van der Waals surface area contributed by atoms with Gasteiger partial charge in [0.2, 0.25) is 0 Å². The molecule has 0 bridgehead atoms. The van der Waals surface area contributed by atoms with E-state index >= 15 is 0 Å². The lowest BCUT2D eigenvalue weighted by atomic mass is 9.92. The van der Waals surface area contributed by atoms with Crippen molar-refractivity contribution < 1.29 is 28.6 Å². The zero-order chi connectivity index (χ0) is 46.6. The first-order valence-electron chi connectivity index (χ1n) is 28.2. The number of piperazine rings is 1. The number of esters is 3. The van der Waals surface area contributed by atoms with Crippen molar-refractivity contribution in [3.63, 3.8) is 0 Å². The normalized spacial score (nSPS) is 13.7. The van der Waals surface area contributed by atoms with Crippen LogP contribution in [-0.4, -0.2) is 87.3 Å². The second kappa shape index (κ2) is 45.1. The highest BCUT2D eigenvalue weighted by atomic mass is 16.5. The van der Waals surface area contributed by atoms with Crippen LogP contribution in [0.25, 0.3) is 0 Å². The zero-order valence-electron chi connectivity index (χ0n) is 43.4. The number of nitrogens with zero attached hydrogens (tertiary/aromatic N) is 2. The number of hydrogen-bond donors (Lipinski definition) is 0. The molecule has 0 saturated carbocycles. The van der Waals surface area contributed by atoms with E-state index in [1.807, 2.05) is 0 Å². The maximum Gasteiger partial charge on any atom is 0.308 e. The molecule has 1 aliphatic heterocycles. The van der Waals surface area contributed by atoms with E-state index in [-0.39, 0.29) is 23.8 Å². The highest BCUT2D eigenvalue weighted by Gasteiger charge is 2.20. The number of hydrogen-bond acceptors (Lipinski definition) is 8. The van der Waals surface area contributed by atoms with E-state index < -0.39 is 0 Å². The fourth-order valence-corrected chi connectivity index (χ4v) is 9.54. The molecule has 0 aliphatic carbocycles. The van der Waals surface area contributed by atoms with Crippen LogP contribution in [0, 0.1) is 17.8 Å². The first-order valence-corrected chi connectivity index (χ1v) is 28.2. The van der Waals surface area contributed by atoms with Crippen molar-refractivity contribution in [1.82, 2.24) is 9.80 Å². The molecule has 0 unspecified atom stereocenters. The van der Waals surface area contributed by atoms with Crippen molar-refractivity contribution in [3.05, 3.63) is 0 Å². The first-order chi connectivity index (χ1) is 31.3. The monoisotopic (exact) mass is 905 g/mol. The summed E-state index contributed by atoms with van der Waals surface area (Å²) < 4.78 is 17.2. The second-order valence-corrected chi connectivity index (χ2v) is 20.1. The Morgan fingerprint density at radius 2 is 0.750 bits per heavy atom. The van der Waals surface area contributed by atoms with Gasteiger partial charge in [-0.3, -0.25) is 14.4 Å². The van der Waals surface area contributed by atoms with Gasteiger partial charge < -0.3 is 24.0 Å². The van der Waals surface area contributed by atoms with Gasteiger partial charge in [-0.1, -0.05) is 207 Å². The minimum atomic E-state index is -0.0169. The fraction of sp³-hybridized carbons (Fsp3) is 0.946. The molecule has 0 amide bonds. The van der Waals surface area contributed by atoms with Crippen molar-refractivity contribution in [3.8, 4) is 0 Å². The van der Waals surface area contributed by atoms with Gasteiger partial charge in [-0.15, -0.1) is 0 Å². The van der Waals surface area contributed by atoms with Gasteiger partial charge in [-0.25, -0.2) is 0 Å². The Labute approximate surface area is 397 Å². The average molecular weight is 905 g/mol. The van der Waals surface area contributed by atoms with Crippen molar-refractivity contribution in [1.29, 1.82) is 0 Å². The molecular formula is C56H108N2O6. The Bertz CT molecular complexity index is 968. The van der Waals surface area contributed by atoms with Crippen LogP contribution in [0.4, 0.5) is 0 Å². The molecule has 8 heteroatoms. The van der Waals surface area contributed by atoms with Gasteiger partial charge in [-0.2, -0.15) is 0 Å². The first kappa shape index (κ1) is 60.3. The Kier molecular flexibility index (Phi) is 42.6. The Morgan fingerprint density at radius 1 is 0.391 bits per heavy atom. The molecule has 0 N–H and O–H groups in total. The highest BCUT2D eigenvalue weighted by Crippen LogP contribution is 2.24. The number of rotatable bonds is 47. The van der Waals surface area contributed by atoms with E-state index in [1.54, 1.807) is 0 Å². The fourth-order valence-electron chi connectivity index (χ4n) is 9.54. The van der Waals surface area contributed by atoms with Crippen LogP contribution >= 0.6 is 0 Å². The predicted molar refractivity (Wildman–Crippen MR) is 271 cm³/mol. The summed E-state index contributed by atoms with van der Waals surface area (Å²) in [5.41, 5.74) is 0. The summed E-state index contributed by atoms with van der Waals surface area (Å²) in [6.07, 6.45) is 42.0. The molecule has 64 heavy (non-hydrogen) atoms. The number of carbonyl (C=O) groups is 3. The molecule has 0 aromatic rings. The molecule has 0 radical (unpaired) electrons. The number of likely N-dealkylation sites (N-methyl/N-ethyl adjacent to an activating group) is 1. The topological polar surface area (TPSA) is 85.4 Å². The van der Waals surface area contributed by atoms with Gasteiger partial charge in [0.1, 0.15) is 0 Å². The van der Waals surface area contributed by atoms with Crippen LogP contribution in [0.1, 0.15) is 265 Å². The third-order valence-electron chi connectivity index (χ3n) is 14.1. The number of carbonyl (C=O) groups excluding carboxylic acids is 3. The van der Waals surface area contributed by atoms with Gasteiger partial charge in [0.25, 0.3) is 0 Å². The lowest BCUT2D eigenvalue weighted by molar-refractivity contribution is -0.149. The van der Waals surface area contributed by atoms with Gasteiger partial charge in [0.15, 0.2) is 0 Å². The van der Waals surface area contributed by atoms with E-state index in [1.165, 1.54) is 128 Å². The number of unbranched alkanes of at least 4 members (excludes halogenated alkanes) is 20. The summed E-state index contributed by atoms with van der Waals surface area (Å²) in [6.45, 7) is 16.2. The van der Waals surface area contributed by atoms with Crippen molar-refractivity contribution in [2.45, 2.75) is 265 Å². The molecule has 8 nitrogen and oxygen atoms in total. The third-order valence-corrected chi connectivity index (χ3v) is 14.1. The maximum atomic E-state index is 13.3. The predicted octanol–water partition coefficient (Wildman–Crippen LogP) is 15.2. The summed E-state index contributed by atoms with van der Waals surface area (Å²) in [5.74, 6) is 1.40. The van der Waals surface area contributed by atoms with E-state index in [0.717, 1.165) is 129 Å². The molecule has 1 rings (SSSR count). The van der Waals surface area contributed by atoms with Gasteiger partial charge >= 0.3 is 17.9 Å². The molecule has 0 aromatic heterocycles. The molecule has 1 fully saturated rings. The summed E-state index contributed by atoms with van der Waals surface area (Å²) in [6, 6.07) is 0. The molecule has 378 valence electrons. The Balaban J connectivity index is 2.28. The summed E-state index contributed by atoms with van der Waals surface area (Å²) in [7, 11) is 2.18. The average Bonchev–Trinajstić information content (AvgIpc) is 3.29. The number of ether oxygens (including phenoxy) is 3. The van der Waals surface area contributed by atoms with E-state index in [4.69, 9.17) is 14.2 Å². The van der Waals surface area contributed by atoms with Crippen LogP contribution in [0.3, 0.4) is 0 Å². The summed E-state index contributed by atoms with van der Waals surface area (Å²) >= 11 is 0. The summed E-state index contributed by atoms with van der Waals surface area (Å²) in [4.78, 5) is 43.0. The van der Waals surface area contributed by atoms with Gasteiger partial charge in [0.05, 0.1) is 25.7 Å². The van der Waals surface area contributed by atoms with Crippen LogP contribution in [0.15, 0.2) is 0 Å². The van der Waals surface area contributed by atoms with Crippen LogP contribution < -0.4 is 0 Å². The van der Waals surface area contributed by atoms with E-state index in [9.17, 15) is 14.4 Å². The molecule has 1 aliphatic rings. The Morgan fingerprint density at radius 3 is 1.14 bits per heavy atom.